The van der Waals surface area contributed by atoms with Crippen molar-refractivity contribution in [1.29, 1.82) is 5.41 Å². The van der Waals surface area contributed by atoms with Gasteiger partial charge in [-0.05, 0) is 44.2 Å². The van der Waals surface area contributed by atoms with Crippen molar-refractivity contribution in [1.82, 2.24) is 19.4 Å². The van der Waals surface area contributed by atoms with Crippen LogP contribution in [0.5, 0.6) is 11.6 Å². The van der Waals surface area contributed by atoms with Crippen molar-refractivity contribution in [2.45, 2.75) is 85.5 Å². The number of halogens is 3. The van der Waals surface area contributed by atoms with Crippen LogP contribution >= 0.6 is 0 Å². The number of aliphatic carboxylic acids is 1. The van der Waals surface area contributed by atoms with Crippen molar-refractivity contribution in [2.75, 3.05) is 38.3 Å². The van der Waals surface area contributed by atoms with Crippen LogP contribution < -0.4 is 20.0 Å². The fourth-order valence-corrected chi connectivity index (χ4v) is 4.88. The summed E-state index contributed by atoms with van der Waals surface area (Å²) in [6.07, 6.45) is -3.30. The zero-order chi connectivity index (χ0) is 34.6. The molecule has 1 saturated heterocycles. The Hall–Kier alpha value is -4.14. The number of nitrogens with zero attached hydrogens (tertiary/aromatic N) is 5. The van der Waals surface area contributed by atoms with E-state index in [4.69, 9.17) is 29.5 Å². The molecule has 12 nitrogen and oxygen atoms in total. The summed E-state index contributed by atoms with van der Waals surface area (Å²) in [6, 6.07) is 3.82. The van der Waals surface area contributed by atoms with Gasteiger partial charge in [-0.3, -0.25) is 10.2 Å². The first-order valence-corrected chi connectivity index (χ1v) is 15.0. The number of morpholine rings is 1. The number of ketones is 1. The average Bonchev–Trinajstić information content (AvgIpc) is 3.31. The number of hydrogen-bond acceptors (Lipinski definition) is 9. The van der Waals surface area contributed by atoms with Crippen LogP contribution in [0.1, 0.15) is 74.5 Å². The van der Waals surface area contributed by atoms with Gasteiger partial charge in [-0.1, -0.05) is 34.6 Å². The van der Waals surface area contributed by atoms with Gasteiger partial charge in [0, 0.05) is 35.3 Å². The highest BCUT2D eigenvalue weighted by atomic mass is 19.4. The van der Waals surface area contributed by atoms with Crippen LogP contribution in [-0.4, -0.2) is 81.9 Å². The van der Waals surface area contributed by atoms with E-state index < -0.39 is 12.1 Å². The number of fused-ring (bicyclic) bond motifs is 1. The van der Waals surface area contributed by atoms with E-state index in [1.807, 2.05) is 26.0 Å². The minimum Gasteiger partial charge on any atom is -0.494 e. The molecule has 1 aliphatic heterocycles. The van der Waals surface area contributed by atoms with E-state index in [1.165, 1.54) is 9.20 Å². The Bertz CT molecular complexity index is 1620. The van der Waals surface area contributed by atoms with Crippen LogP contribution in [0, 0.1) is 19.3 Å². The fraction of sp³-hybridized carbons (Fsp3) is 0.581. The molecule has 0 saturated carbocycles. The number of rotatable bonds is 9. The van der Waals surface area contributed by atoms with E-state index in [2.05, 4.69) is 49.7 Å². The third-order valence-electron chi connectivity index (χ3n) is 7.75. The lowest BCUT2D eigenvalue weighted by Crippen LogP contribution is -2.37. The van der Waals surface area contributed by atoms with Gasteiger partial charge in [0.15, 0.2) is 11.4 Å². The van der Waals surface area contributed by atoms with Crippen LogP contribution in [0.2, 0.25) is 0 Å². The normalized spacial score (nSPS) is 13.9. The van der Waals surface area contributed by atoms with Crippen LogP contribution in [0.15, 0.2) is 12.1 Å². The third-order valence-corrected chi connectivity index (χ3v) is 7.75. The van der Waals surface area contributed by atoms with Crippen molar-refractivity contribution >= 4 is 23.1 Å². The molecule has 46 heavy (non-hydrogen) atoms. The zero-order valence-corrected chi connectivity index (χ0v) is 27.5. The Morgan fingerprint density at radius 2 is 1.65 bits per heavy atom. The summed E-state index contributed by atoms with van der Waals surface area (Å²) >= 11 is 0. The minimum atomic E-state index is -5.08. The summed E-state index contributed by atoms with van der Waals surface area (Å²) in [5, 5.41) is 25.1. The van der Waals surface area contributed by atoms with Gasteiger partial charge >= 0.3 is 12.1 Å². The molecule has 1 fully saturated rings. The molecule has 0 unspecified atom stereocenters. The molecule has 0 spiro atoms. The molecule has 2 N–H and O–H groups in total. The van der Waals surface area contributed by atoms with Crippen molar-refractivity contribution in [3.05, 3.63) is 40.0 Å². The monoisotopic (exact) mass is 652 g/mol. The minimum absolute atomic E-state index is 0.0220. The topological polar surface area (TPSA) is 144 Å². The second kappa shape index (κ2) is 14.5. The van der Waals surface area contributed by atoms with Gasteiger partial charge in [0.05, 0.1) is 32.1 Å². The first kappa shape index (κ1) is 36.3. The van der Waals surface area contributed by atoms with Crippen molar-refractivity contribution < 1.29 is 42.1 Å². The molecule has 3 heterocycles. The Morgan fingerprint density at radius 1 is 1.07 bits per heavy atom. The molecule has 3 aromatic rings. The van der Waals surface area contributed by atoms with Gasteiger partial charge in [0.1, 0.15) is 12.3 Å². The standard InChI is InChI=1S/C29H42N6O4.C2HF3O2/c1-9-21(10-2)39-27-19(4)18(3)26-31-34(28(30)35(26)32-27)17-24(36)20-15-22(29(5,6)7)25(37-8)23(16-20)33-11-13-38-14-12-33;3-2(4,5)1(6)7/h15-16,21,30H,9-14,17H2,1-8H3;(H,6,7). The number of nitrogens with one attached hydrogen (secondary N) is 1. The summed E-state index contributed by atoms with van der Waals surface area (Å²) in [4.78, 5) is 24.8. The highest BCUT2D eigenvalue weighted by Gasteiger charge is 2.38. The average molecular weight is 653 g/mol. The molecule has 254 valence electrons. The highest BCUT2D eigenvalue weighted by Crippen LogP contribution is 2.40. The number of carboxylic acids is 1. The predicted octanol–water partition coefficient (Wildman–Crippen LogP) is 4.85. The summed E-state index contributed by atoms with van der Waals surface area (Å²) in [6.45, 7) is 17.0. The number of carboxylic acid groups (broad SMARTS) is 1. The summed E-state index contributed by atoms with van der Waals surface area (Å²) in [7, 11) is 1.67. The van der Waals surface area contributed by atoms with Gasteiger partial charge in [-0.25, -0.2) is 9.48 Å². The molecule has 0 radical (unpaired) electrons. The number of anilines is 1. The molecule has 0 bridgehead atoms. The number of aryl methyl sites for hydroxylation is 1. The van der Waals surface area contributed by atoms with Crippen LogP contribution in [0.4, 0.5) is 18.9 Å². The summed E-state index contributed by atoms with van der Waals surface area (Å²) in [5.74, 6) is -1.61. The molecule has 2 aromatic heterocycles. The Kier molecular flexibility index (Phi) is 11.5. The molecule has 0 aliphatic carbocycles. The van der Waals surface area contributed by atoms with E-state index in [0.29, 0.717) is 30.3 Å². The molecule has 0 amide bonds. The lowest BCUT2D eigenvalue weighted by Gasteiger charge is -2.33. The number of methoxy groups -OCH3 is 1. The number of carbonyl (C=O) groups excluding carboxylic acids is 1. The first-order valence-electron chi connectivity index (χ1n) is 15.0. The Balaban J connectivity index is 0.000000738. The van der Waals surface area contributed by atoms with E-state index in [1.54, 1.807) is 7.11 Å². The maximum atomic E-state index is 13.7. The van der Waals surface area contributed by atoms with E-state index in [-0.39, 0.29) is 29.5 Å². The molecular formula is C31H43F3N6O6. The van der Waals surface area contributed by atoms with Crippen LogP contribution in [0.25, 0.3) is 5.65 Å². The molecule has 1 aromatic carbocycles. The smallest absolute Gasteiger partial charge is 0.490 e. The van der Waals surface area contributed by atoms with Crippen molar-refractivity contribution in [2.24, 2.45) is 0 Å². The van der Waals surface area contributed by atoms with Gasteiger partial charge in [-0.2, -0.15) is 17.7 Å². The van der Waals surface area contributed by atoms with Crippen LogP contribution in [-0.2, 0) is 21.5 Å². The quantitative estimate of drug-likeness (QED) is 0.310. The van der Waals surface area contributed by atoms with Crippen LogP contribution in [0.3, 0.4) is 0 Å². The second-order valence-corrected chi connectivity index (χ2v) is 12.0. The lowest BCUT2D eigenvalue weighted by atomic mass is 9.84. The molecule has 4 rings (SSSR count). The molecule has 15 heteroatoms. The molecular weight excluding hydrogens is 609 g/mol. The maximum Gasteiger partial charge on any atom is 0.490 e. The predicted molar refractivity (Wildman–Crippen MR) is 164 cm³/mol. The van der Waals surface area contributed by atoms with E-state index in [9.17, 15) is 18.0 Å². The largest absolute Gasteiger partial charge is 0.494 e. The first-order chi connectivity index (χ1) is 21.4. The number of carbonyl (C=O) groups is 2. The van der Waals surface area contributed by atoms with Gasteiger partial charge in [-0.15, -0.1) is 10.2 Å². The number of aromatic nitrogens is 4. The number of ether oxygens (including phenoxy) is 3. The third kappa shape index (κ3) is 8.17. The van der Waals surface area contributed by atoms with Gasteiger partial charge in [0.25, 0.3) is 0 Å². The number of hydrogen-bond donors (Lipinski definition) is 2. The fourth-order valence-electron chi connectivity index (χ4n) is 4.88. The summed E-state index contributed by atoms with van der Waals surface area (Å²) in [5.41, 5.74) is 4.49. The van der Waals surface area contributed by atoms with E-state index >= 15 is 0 Å². The van der Waals surface area contributed by atoms with Crippen molar-refractivity contribution in [3.8, 4) is 11.6 Å². The number of Topliss-reactive ketones (excluding diaryl/α,β-unsaturated/α-hetero) is 1. The Morgan fingerprint density at radius 3 is 2.15 bits per heavy atom. The van der Waals surface area contributed by atoms with Gasteiger partial charge < -0.3 is 24.2 Å². The number of alkyl halides is 3. The maximum absolute atomic E-state index is 13.7. The van der Waals surface area contributed by atoms with Crippen molar-refractivity contribution in [3.63, 3.8) is 0 Å². The Labute approximate surface area is 265 Å². The molecule has 1 aliphatic rings. The zero-order valence-electron chi connectivity index (χ0n) is 27.5. The van der Waals surface area contributed by atoms with E-state index in [0.717, 1.165) is 54.1 Å². The SMILES string of the molecule is CCC(CC)Oc1nn2c(=N)n(CC(=O)c3cc(N4CCOCC4)c(OC)c(C(C)(C)C)c3)nc2c(C)c1C.O=C(O)C(F)(F)F. The second-order valence-electron chi connectivity index (χ2n) is 12.0. The highest BCUT2D eigenvalue weighted by molar-refractivity contribution is 5.98. The summed E-state index contributed by atoms with van der Waals surface area (Å²) < 4.78 is 52.2. The van der Waals surface area contributed by atoms with Gasteiger partial charge in [0.2, 0.25) is 11.5 Å². The number of benzene rings is 1. The molecule has 0 atom stereocenters. The lowest BCUT2D eigenvalue weighted by molar-refractivity contribution is -0.192.